The molecular formula is C13H13ClFNS. The van der Waals surface area contributed by atoms with Gasteiger partial charge < -0.3 is 5.32 Å². The van der Waals surface area contributed by atoms with Gasteiger partial charge in [0.2, 0.25) is 0 Å². The molecule has 0 fully saturated rings. The first kappa shape index (κ1) is 12.4. The van der Waals surface area contributed by atoms with Crippen LogP contribution in [0.2, 0.25) is 5.02 Å². The molecule has 1 N–H and O–H groups in total. The fourth-order valence-corrected chi connectivity index (χ4v) is 2.66. The maximum Gasteiger partial charge on any atom is 0.164 e. The molecule has 0 saturated carbocycles. The average Bonchev–Trinajstić information content (AvgIpc) is 2.72. The number of rotatable bonds is 3. The van der Waals surface area contributed by atoms with Gasteiger partial charge in [-0.3, -0.25) is 0 Å². The smallest absolute Gasteiger partial charge is 0.164 e. The van der Waals surface area contributed by atoms with Gasteiger partial charge in [-0.05, 0) is 38.1 Å². The van der Waals surface area contributed by atoms with Crippen molar-refractivity contribution in [3.05, 3.63) is 50.9 Å². The van der Waals surface area contributed by atoms with Crippen LogP contribution in [0.25, 0.3) is 0 Å². The predicted molar refractivity (Wildman–Crippen MR) is 72.5 cm³/mol. The molecule has 0 amide bonds. The summed E-state index contributed by atoms with van der Waals surface area (Å²) in [6.07, 6.45) is 0. The minimum atomic E-state index is -0.394. The van der Waals surface area contributed by atoms with Gasteiger partial charge in [-0.15, -0.1) is 11.3 Å². The Labute approximate surface area is 109 Å². The van der Waals surface area contributed by atoms with E-state index in [1.54, 1.807) is 29.5 Å². The van der Waals surface area contributed by atoms with E-state index >= 15 is 0 Å². The Balaban J connectivity index is 2.18. The van der Waals surface area contributed by atoms with Crippen molar-refractivity contribution in [3.8, 4) is 0 Å². The van der Waals surface area contributed by atoms with Gasteiger partial charge in [0.15, 0.2) is 5.82 Å². The third-order valence-electron chi connectivity index (χ3n) is 2.51. The Morgan fingerprint density at radius 2 is 2.06 bits per heavy atom. The molecule has 0 spiro atoms. The summed E-state index contributed by atoms with van der Waals surface area (Å²) in [7, 11) is 0. The van der Waals surface area contributed by atoms with E-state index < -0.39 is 5.82 Å². The lowest BCUT2D eigenvalue weighted by Crippen LogP contribution is -2.06. The van der Waals surface area contributed by atoms with E-state index in [2.05, 4.69) is 24.4 Å². The zero-order valence-corrected chi connectivity index (χ0v) is 11.2. The lowest BCUT2D eigenvalue weighted by Gasteiger charge is -2.14. The van der Waals surface area contributed by atoms with Crippen molar-refractivity contribution in [3.63, 3.8) is 0 Å². The second-order valence-corrected chi connectivity index (χ2v) is 5.64. The van der Waals surface area contributed by atoms with Crippen LogP contribution < -0.4 is 5.32 Å². The van der Waals surface area contributed by atoms with E-state index in [0.29, 0.717) is 5.69 Å². The van der Waals surface area contributed by atoms with E-state index in [9.17, 15) is 4.39 Å². The number of benzene rings is 1. The van der Waals surface area contributed by atoms with Crippen LogP contribution >= 0.6 is 22.9 Å². The van der Waals surface area contributed by atoms with Crippen LogP contribution in [0.4, 0.5) is 10.1 Å². The third-order valence-corrected chi connectivity index (χ3v) is 3.99. The number of nitrogens with one attached hydrogen (secondary N) is 1. The second-order valence-electron chi connectivity index (χ2n) is 3.92. The highest BCUT2D eigenvalue weighted by Gasteiger charge is 2.11. The monoisotopic (exact) mass is 269 g/mol. The maximum absolute atomic E-state index is 13.7. The number of hydrogen-bond acceptors (Lipinski definition) is 2. The molecule has 1 aromatic carbocycles. The molecule has 0 aliphatic rings. The molecule has 0 radical (unpaired) electrons. The molecule has 0 bridgehead atoms. The summed E-state index contributed by atoms with van der Waals surface area (Å²) in [6, 6.07) is 9.16. The van der Waals surface area contributed by atoms with E-state index in [4.69, 9.17) is 11.6 Å². The summed E-state index contributed by atoms with van der Waals surface area (Å²) in [4.78, 5) is 2.43. The van der Waals surface area contributed by atoms with E-state index in [1.165, 1.54) is 9.75 Å². The molecule has 4 heteroatoms. The molecule has 1 aromatic heterocycles. The van der Waals surface area contributed by atoms with Crippen LogP contribution in [0.15, 0.2) is 30.3 Å². The van der Waals surface area contributed by atoms with Crippen LogP contribution in [0.1, 0.15) is 22.7 Å². The van der Waals surface area contributed by atoms with Crippen molar-refractivity contribution in [1.82, 2.24) is 0 Å². The molecule has 17 heavy (non-hydrogen) atoms. The van der Waals surface area contributed by atoms with Crippen molar-refractivity contribution in [2.75, 3.05) is 5.32 Å². The van der Waals surface area contributed by atoms with Crippen LogP contribution in [0.3, 0.4) is 0 Å². The summed E-state index contributed by atoms with van der Waals surface area (Å²) in [5, 5.41) is 3.27. The van der Waals surface area contributed by atoms with Gasteiger partial charge in [0.05, 0.1) is 16.8 Å². The highest BCUT2D eigenvalue weighted by molar-refractivity contribution is 7.12. The fraction of sp³-hybridized carbons (Fsp3) is 0.231. The standard InChI is InChI=1S/C13H13ClFNS/c1-8-6-7-12(17-8)9(2)16-11-5-3-4-10(14)13(11)15/h3-7,9,16H,1-2H3. The summed E-state index contributed by atoms with van der Waals surface area (Å²) in [6.45, 7) is 4.06. The largest absolute Gasteiger partial charge is 0.375 e. The van der Waals surface area contributed by atoms with Gasteiger partial charge in [-0.2, -0.15) is 0 Å². The molecule has 90 valence electrons. The van der Waals surface area contributed by atoms with Gasteiger partial charge in [0, 0.05) is 9.75 Å². The van der Waals surface area contributed by atoms with E-state index in [-0.39, 0.29) is 11.1 Å². The molecule has 2 aromatic rings. The average molecular weight is 270 g/mol. The highest BCUT2D eigenvalue weighted by atomic mass is 35.5. The lowest BCUT2D eigenvalue weighted by molar-refractivity contribution is 0.628. The molecule has 0 saturated heterocycles. The van der Waals surface area contributed by atoms with Gasteiger partial charge in [0.25, 0.3) is 0 Å². The minimum Gasteiger partial charge on any atom is -0.375 e. The van der Waals surface area contributed by atoms with Crippen molar-refractivity contribution in [2.24, 2.45) is 0 Å². The Bertz CT molecular complexity index is 524. The number of halogens is 2. The first-order valence-electron chi connectivity index (χ1n) is 5.35. The summed E-state index contributed by atoms with van der Waals surface area (Å²) in [5.74, 6) is -0.394. The van der Waals surface area contributed by atoms with E-state index in [0.717, 1.165) is 0 Å². The number of hydrogen-bond donors (Lipinski definition) is 1. The first-order valence-corrected chi connectivity index (χ1v) is 6.54. The zero-order chi connectivity index (χ0) is 12.4. The molecular weight excluding hydrogens is 257 g/mol. The van der Waals surface area contributed by atoms with Crippen molar-refractivity contribution >= 4 is 28.6 Å². The molecule has 1 heterocycles. The van der Waals surface area contributed by atoms with Crippen molar-refractivity contribution < 1.29 is 4.39 Å². The quantitative estimate of drug-likeness (QED) is 0.825. The van der Waals surface area contributed by atoms with Crippen LogP contribution in [0.5, 0.6) is 0 Å². The topological polar surface area (TPSA) is 12.0 Å². The Hall–Kier alpha value is -1.06. The van der Waals surface area contributed by atoms with Gasteiger partial charge in [-0.25, -0.2) is 4.39 Å². The number of thiophene rings is 1. The van der Waals surface area contributed by atoms with Gasteiger partial charge in [0.1, 0.15) is 0 Å². The van der Waals surface area contributed by atoms with Gasteiger partial charge >= 0.3 is 0 Å². The number of anilines is 1. The van der Waals surface area contributed by atoms with Gasteiger partial charge in [-0.1, -0.05) is 17.7 Å². The molecule has 0 aliphatic carbocycles. The normalized spacial score (nSPS) is 12.5. The molecule has 1 atom stereocenters. The summed E-state index contributed by atoms with van der Waals surface area (Å²) >= 11 is 7.44. The van der Waals surface area contributed by atoms with Crippen LogP contribution in [-0.2, 0) is 0 Å². The van der Waals surface area contributed by atoms with Crippen LogP contribution in [-0.4, -0.2) is 0 Å². The molecule has 0 aliphatic heterocycles. The molecule has 2 rings (SSSR count). The number of aryl methyl sites for hydroxylation is 1. The second kappa shape index (κ2) is 5.07. The fourth-order valence-electron chi connectivity index (χ4n) is 1.61. The predicted octanol–water partition coefficient (Wildman–Crippen LogP) is 5.02. The van der Waals surface area contributed by atoms with E-state index in [1.807, 2.05) is 6.92 Å². The lowest BCUT2D eigenvalue weighted by atomic mass is 10.2. The van der Waals surface area contributed by atoms with Crippen molar-refractivity contribution in [1.29, 1.82) is 0 Å². The zero-order valence-electron chi connectivity index (χ0n) is 9.63. The Kier molecular flexibility index (Phi) is 3.69. The summed E-state index contributed by atoms with van der Waals surface area (Å²) < 4.78 is 13.7. The first-order chi connectivity index (χ1) is 8.08. The molecule has 1 nitrogen and oxygen atoms in total. The SMILES string of the molecule is Cc1ccc(C(C)Nc2cccc(Cl)c2F)s1. The Morgan fingerprint density at radius 3 is 2.71 bits per heavy atom. The van der Waals surface area contributed by atoms with Crippen LogP contribution in [0, 0.1) is 12.7 Å². The van der Waals surface area contributed by atoms with Crippen molar-refractivity contribution in [2.45, 2.75) is 19.9 Å². The Morgan fingerprint density at radius 1 is 1.29 bits per heavy atom. The summed E-state index contributed by atoms with van der Waals surface area (Å²) in [5.41, 5.74) is 0.441. The minimum absolute atomic E-state index is 0.0710. The highest BCUT2D eigenvalue weighted by Crippen LogP contribution is 2.28. The molecule has 1 unspecified atom stereocenters. The maximum atomic E-state index is 13.7. The third kappa shape index (κ3) is 2.79.